The molecule has 0 aliphatic carbocycles. The molecule has 15 heavy (non-hydrogen) atoms. The molecule has 0 aromatic carbocycles. The summed E-state index contributed by atoms with van der Waals surface area (Å²) in [6.45, 7) is 9.65. The molecule has 88 valence electrons. The van der Waals surface area contributed by atoms with Crippen molar-refractivity contribution in [2.75, 3.05) is 6.54 Å². The summed E-state index contributed by atoms with van der Waals surface area (Å²) in [4.78, 5) is 14.2. The number of carbonyl (C=O) groups is 1. The lowest BCUT2D eigenvalue weighted by atomic mass is 9.89. The van der Waals surface area contributed by atoms with Gasteiger partial charge in [0.25, 0.3) is 0 Å². The van der Waals surface area contributed by atoms with Crippen LogP contribution in [0, 0.1) is 11.8 Å². The zero-order valence-corrected chi connectivity index (χ0v) is 10.6. The molecule has 0 aromatic heterocycles. The molecule has 1 rings (SSSR count). The summed E-state index contributed by atoms with van der Waals surface area (Å²) in [5.74, 6) is 1.42. The van der Waals surface area contributed by atoms with Crippen molar-refractivity contribution in [3.8, 4) is 0 Å². The molecule has 2 heteroatoms. The number of hydrogen-bond acceptors (Lipinski definition) is 1. The molecule has 0 saturated carbocycles. The first-order valence-corrected chi connectivity index (χ1v) is 6.32. The van der Waals surface area contributed by atoms with Crippen LogP contribution in [-0.2, 0) is 4.79 Å². The van der Waals surface area contributed by atoms with E-state index < -0.39 is 0 Å². The maximum atomic E-state index is 12.1. The standard InChI is InChI=1S/C13H25NO/c1-10(2)7-8-12-6-5-9-14(11(3)4)13(12)15/h10-12H,5-9H2,1-4H3/t12-/m0/s1. The number of piperidine rings is 1. The van der Waals surface area contributed by atoms with E-state index in [4.69, 9.17) is 0 Å². The van der Waals surface area contributed by atoms with Crippen molar-refractivity contribution < 1.29 is 4.79 Å². The average Bonchev–Trinajstić information content (AvgIpc) is 2.15. The van der Waals surface area contributed by atoms with Crippen LogP contribution < -0.4 is 0 Å². The summed E-state index contributed by atoms with van der Waals surface area (Å²) >= 11 is 0. The smallest absolute Gasteiger partial charge is 0.225 e. The van der Waals surface area contributed by atoms with Gasteiger partial charge in [0.05, 0.1) is 0 Å². The van der Waals surface area contributed by atoms with Crippen LogP contribution in [0.15, 0.2) is 0 Å². The Labute approximate surface area is 94.0 Å². The molecule has 0 unspecified atom stereocenters. The lowest BCUT2D eigenvalue weighted by Gasteiger charge is -2.35. The topological polar surface area (TPSA) is 20.3 Å². The van der Waals surface area contributed by atoms with Gasteiger partial charge in [0, 0.05) is 18.5 Å². The van der Waals surface area contributed by atoms with Gasteiger partial charge in [-0.15, -0.1) is 0 Å². The number of carbonyl (C=O) groups excluding carboxylic acids is 1. The molecule has 1 aliphatic heterocycles. The summed E-state index contributed by atoms with van der Waals surface area (Å²) in [6.07, 6.45) is 4.56. The fourth-order valence-corrected chi connectivity index (χ4v) is 2.29. The van der Waals surface area contributed by atoms with Gasteiger partial charge in [-0.3, -0.25) is 4.79 Å². The predicted octanol–water partition coefficient (Wildman–Crippen LogP) is 3.07. The number of amides is 1. The summed E-state index contributed by atoms with van der Waals surface area (Å²) in [5, 5.41) is 0. The van der Waals surface area contributed by atoms with Crippen molar-refractivity contribution in [2.24, 2.45) is 11.8 Å². The van der Waals surface area contributed by atoms with E-state index in [0.717, 1.165) is 19.4 Å². The van der Waals surface area contributed by atoms with Gasteiger partial charge >= 0.3 is 0 Å². The first-order valence-electron chi connectivity index (χ1n) is 6.32. The second-order valence-electron chi connectivity index (χ2n) is 5.44. The van der Waals surface area contributed by atoms with Crippen LogP contribution in [0.25, 0.3) is 0 Å². The fourth-order valence-electron chi connectivity index (χ4n) is 2.29. The van der Waals surface area contributed by atoms with Crippen molar-refractivity contribution in [2.45, 2.75) is 59.4 Å². The second kappa shape index (κ2) is 5.53. The van der Waals surface area contributed by atoms with Gasteiger partial charge < -0.3 is 4.90 Å². The molecule has 0 spiro atoms. The normalized spacial score (nSPS) is 22.9. The minimum Gasteiger partial charge on any atom is -0.340 e. The lowest BCUT2D eigenvalue weighted by molar-refractivity contribution is -0.140. The van der Waals surface area contributed by atoms with E-state index in [1.54, 1.807) is 0 Å². The van der Waals surface area contributed by atoms with Crippen molar-refractivity contribution >= 4 is 5.91 Å². The summed E-state index contributed by atoms with van der Waals surface area (Å²) in [6, 6.07) is 0.374. The van der Waals surface area contributed by atoms with Crippen molar-refractivity contribution in [1.82, 2.24) is 4.90 Å². The minimum absolute atomic E-state index is 0.309. The Hall–Kier alpha value is -0.530. The van der Waals surface area contributed by atoms with Gasteiger partial charge in [-0.05, 0) is 39.0 Å². The van der Waals surface area contributed by atoms with Gasteiger partial charge in [0.15, 0.2) is 0 Å². The van der Waals surface area contributed by atoms with Gasteiger partial charge in [0.1, 0.15) is 0 Å². The average molecular weight is 211 g/mol. The molecular weight excluding hydrogens is 186 g/mol. The molecule has 1 saturated heterocycles. The number of rotatable bonds is 4. The van der Waals surface area contributed by atoms with Gasteiger partial charge in [-0.2, -0.15) is 0 Å². The molecule has 0 N–H and O–H groups in total. The van der Waals surface area contributed by atoms with Gasteiger partial charge in [-0.1, -0.05) is 20.3 Å². The third kappa shape index (κ3) is 3.51. The van der Waals surface area contributed by atoms with Crippen LogP contribution in [-0.4, -0.2) is 23.4 Å². The van der Waals surface area contributed by atoms with Crippen LogP contribution in [0.4, 0.5) is 0 Å². The number of hydrogen-bond donors (Lipinski definition) is 0. The largest absolute Gasteiger partial charge is 0.340 e. The highest BCUT2D eigenvalue weighted by molar-refractivity contribution is 5.79. The Morgan fingerprint density at radius 2 is 2.00 bits per heavy atom. The quantitative estimate of drug-likeness (QED) is 0.700. The molecule has 2 nitrogen and oxygen atoms in total. The highest BCUT2D eigenvalue weighted by atomic mass is 16.2. The van der Waals surface area contributed by atoms with Crippen LogP contribution in [0.2, 0.25) is 0 Å². The zero-order chi connectivity index (χ0) is 11.4. The molecule has 0 aromatic rings. The zero-order valence-electron chi connectivity index (χ0n) is 10.6. The van der Waals surface area contributed by atoms with E-state index in [9.17, 15) is 4.79 Å². The molecular formula is C13H25NO. The van der Waals surface area contributed by atoms with Crippen LogP contribution in [0.5, 0.6) is 0 Å². The second-order valence-corrected chi connectivity index (χ2v) is 5.44. The highest BCUT2D eigenvalue weighted by Crippen LogP contribution is 2.25. The highest BCUT2D eigenvalue weighted by Gasteiger charge is 2.29. The third-order valence-corrected chi connectivity index (χ3v) is 3.30. The number of likely N-dealkylation sites (tertiary alicyclic amines) is 1. The molecule has 1 atom stereocenters. The predicted molar refractivity (Wildman–Crippen MR) is 63.6 cm³/mol. The summed E-state index contributed by atoms with van der Waals surface area (Å²) < 4.78 is 0. The fraction of sp³-hybridized carbons (Fsp3) is 0.923. The van der Waals surface area contributed by atoms with E-state index in [-0.39, 0.29) is 0 Å². The van der Waals surface area contributed by atoms with Gasteiger partial charge in [-0.25, -0.2) is 0 Å². The lowest BCUT2D eigenvalue weighted by Crippen LogP contribution is -2.45. The van der Waals surface area contributed by atoms with Crippen molar-refractivity contribution in [3.05, 3.63) is 0 Å². The van der Waals surface area contributed by atoms with E-state index in [1.807, 2.05) is 0 Å². The van der Waals surface area contributed by atoms with Gasteiger partial charge in [0.2, 0.25) is 5.91 Å². The number of nitrogens with zero attached hydrogens (tertiary/aromatic N) is 1. The Balaban J connectivity index is 2.47. The molecule has 1 fully saturated rings. The monoisotopic (exact) mass is 211 g/mol. The molecule has 1 amide bonds. The van der Waals surface area contributed by atoms with Crippen LogP contribution >= 0.6 is 0 Å². The molecule has 1 heterocycles. The summed E-state index contributed by atoms with van der Waals surface area (Å²) in [7, 11) is 0. The van der Waals surface area contributed by atoms with E-state index in [0.29, 0.717) is 23.8 Å². The van der Waals surface area contributed by atoms with E-state index in [2.05, 4.69) is 32.6 Å². The molecule has 0 bridgehead atoms. The van der Waals surface area contributed by atoms with E-state index in [1.165, 1.54) is 12.8 Å². The van der Waals surface area contributed by atoms with E-state index >= 15 is 0 Å². The van der Waals surface area contributed by atoms with Crippen LogP contribution in [0.3, 0.4) is 0 Å². The third-order valence-electron chi connectivity index (χ3n) is 3.30. The van der Waals surface area contributed by atoms with Crippen molar-refractivity contribution in [3.63, 3.8) is 0 Å². The summed E-state index contributed by atoms with van der Waals surface area (Å²) in [5.41, 5.74) is 0. The Morgan fingerprint density at radius 3 is 2.53 bits per heavy atom. The Morgan fingerprint density at radius 1 is 1.33 bits per heavy atom. The maximum absolute atomic E-state index is 12.1. The first-order chi connectivity index (χ1) is 7.02. The minimum atomic E-state index is 0.309. The maximum Gasteiger partial charge on any atom is 0.225 e. The van der Waals surface area contributed by atoms with Crippen molar-refractivity contribution in [1.29, 1.82) is 0 Å². The Kier molecular flexibility index (Phi) is 4.62. The SMILES string of the molecule is CC(C)CC[C@@H]1CCCN(C(C)C)C1=O. The first kappa shape index (κ1) is 12.5. The molecule has 1 aliphatic rings. The molecule has 0 radical (unpaired) electrons. The van der Waals surface area contributed by atoms with Crippen LogP contribution in [0.1, 0.15) is 53.4 Å². The Bertz CT molecular complexity index is 211.